The summed E-state index contributed by atoms with van der Waals surface area (Å²) >= 11 is 0. The predicted molar refractivity (Wildman–Crippen MR) is 64.7 cm³/mol. The summed E-state index contributed by atoms with van der Waals surface area (Å²) in [7, 11) is 0. The topological polar surface area (TPSA) is 66.5 Å². The maximum Gasteiger partial charge on any atom is 0.220 e. The van der Waals surface area contributed by atoms with Crippen molar-refractivity contribution in [2.24, 2.45) is 0 Å². The average Bonchev–Trinajstić information content (AvgIpc) is 2.32. The van der Waals surface area contributed by atoms with Gasteiger partial charge in [-0.3, -0.25) is 0 Å². The number of hydrogen-bond acceptors (Lipinski definition) is 3. The largest absolute Gasteiger partial charge is 0.618 e. The third-order valence-electron chi connectivity index (χ3n) is 2.28. The number of rotatable bonds is 2. The molecule has 0 aromatic heterocycles. The summed E-state index contributed by atoms with van der Waals surface area (Å²) in [5, 5.41) is 30.5. The molecule has 0 aliphatic heterocycles. The van der Waals surface area contributed by atoms with Crippen molar-refractivity contribution in [3.8, 4) is 11.5 Å². The molecule has 0 aliphatic carbocycles. The Morgan fingerprint density at radius 1 is 1.00 bits per heavy atom. The molecule has 0 atom stereocenters. The molecule has 2 aromatic carbocycles. The molecule has 0 saturated carbocycles. The van der Waals surface area contributed by atoms with E-state index in [9.17, 15) is 15.4 Å². The van der Waals surface area contributed by atoms with Gasteiger partial charge in [0.1, 0.15) is 11.5 Å². The van der Waals surface area contributed by atoms with Gasteiger partial charge >= 0.3 is 0 Å². The molecule has 2 rings (SSSR count). The first-order valence-corrected chi connectivity index (χ1v) is 5.05. The molecule has 0 spiro atoms. The summed E-state index contributed by atoms with van der Waals surface area (Å²) in [6.07, 6.45) is 1.25. The van der Waals surface area contributed by atoms with Crippen LogP contribution >= 0.6 is 0 Å². The van der Waals surface area contributed by atoms with Crippen LogP contribution in [0.1, 0.15) is 5.56 Å². The highest BCUT2D eigenvalue weighted by molar-refractivity contribution is 5.80. The van der Waals surface area contributed by atoms with Crippen LogP contribution in [0.5, 0.6) is 11.5 Å². The van der Waals surface area contributed by atoms with E-state index in [1.165, 1.54) is 24.4 Å². The van der Waals surface area contributed by atoms with Gasteiger partial charge in [-0.15, -0.1) is 0 Å². The van der Waals surface area contributed by atoms with E-state index in [1.807, 2.05) is 0 Å². The lowest BCUT2D eigenvalue weighted by Crippen LogP contribution is -1.98. The summed E-state index contributed by atoms with van der Waals surface area (Å²) in [6, 6.07) is 12.5. The predicted octanol–water partition coefficient (Wildman–Crippen LogP) is 2.36. The SMILES string of the molecule is [O-][N+](=Cc1ccccc1O)c1cccc(O)c1. The molecule has 4 heteroatoms. The standard InChI is InChI=1S/C13H11NO3/c15-12-6-3-5-11(8-12)14(17)9-10-4-1-2-7-13(10)16/h1-9,15-16H. The second-order valence-corrected chi connectivity index (χ2v) is 3.53. The van der Waals surface area contributed by atoms with Gasteiger partial charge in [-0.25, -0.2) is 0 Å². The summed E-state index contributed by atoms with van der Waals surface area (Å²) in [5.74, 6) is 0.0579. The van der Waals surface area contributed by atoms with Gasteiger partial charge in [0, 0.05) is 6.07 Å². The molecule has 2 N–H and O–H groups in total. The zero-order valence-corrected chi connectivity index (χ0v) is 8.95. The van der Waals surface area contributed by atoms with Crippen LogP contribution in [-0.4, -0.2) is 21.2 Å². The number of para-hydroxylation sites is 1. The number of phenols is 2. The normalized spacial score (nSPS) is 11.4. The number of hydrogen-bond donors (Lipinski definition) is 2. The van der Waals surface area contributed by atoms with Crippen molar-refractivity contribution in [2.45, 2.75) is 0 Å². The van der Waals surface area contributed by atoms with E-state index in [1.54, 1.807) is 30.3 Å². The fourth-order valence-electron chi connectivity index (χ4n) is 1.43. The molecular formula is C13H11NO3. The minimum Gasteiger partial charge on any atom is -0.618 e. The Bertz CT molecular complexity index is 564. The van der Waals surface area contributed by atoms with Crippen LogP contribution in [0.4, 0.5) is 5.69 Å². The van der Waals surface area contributed by atoms with E-state index < -0.39 is 0 Å². The van der Waals surface area contributed by atoms with Gasteiger partial charge in [0.25, 0.3) is 0 Å². The minimum absolute atomic E-state index is 0.0223. The van der Waals surface area contributed by atoms with Crippen LogP contribution in [-0.2, 0) is 0 Å². The zero-order chi connectivity index (χ0) is 12.3. The molecule has 0 fully saturated rings. The second-order valence-electron chi connectivity index (χ2n) is 3.53. The van der Waals surface area contributed by atoms with E-state index in [2.05, 4.69) is 0 Å². The van der Waals surface area contributed by atoms with Crippen molar-refractivity contribution in [3.63, 3.8) is 0 Å². The van der Waals surface area contributed by atoms with Gasteiger partial charge in [0.15, 0.2) is 6.21 Å². The Kier molecular flexibility index (Phi) is 2.96. The van der Waals surface area contributed by atoms with Crippen LogP contribution in [0.3, 0.4) is 0 Å². The minimum atomic E-state index is 0.0223. The molecule has 0 saturated heterocycles. The van der Waals surface area contributed by atoms with E-state index in [0.717, 1.165) is 0 Å². The van der Waals surface area contributed by atoms with Crippen LogP contribution < -0.4 is 0 Å². The summed E-state index contributed by atoms with van der Waals surface area (Å²) in [4.78, 5) is 0. The smallest absolute Gasteiger partial charge is 0.220 e. The Hall–Kier alpha value is -2.49. The highest BCUT2D eigenvalue weighted by Gasteiger charge is 2.05. The lowest BCUT2D eigenvalue weighted by atomic mass is 10.2. The Balaban J connectivity index is 2.38. The van der Waals surface area contributed by atoms with Crippen molar-refractivity contribution < 1.29 is 15.0 Å². The molecule has 0 bridgehead atoms. The zero-order valence-electron chi connectivity index (χ0n) is 8.95. The fourth-order valence-corrected chi connectivity index (χ4v) is 1.43. The lowest BCUT2D eigenvalue weighted by molar-refractivity contribution is -0.354. The number of phenolic OH excluding ortho intramolecular Hbond substituents is 2. The van der Waals surface area contributed by atoms with Crippen molar-refractivity contribution in [1.82, 2.24) is 0 Å². The average molecular weight is 229 g/mol. The van der Waals surface area contributed by atoms with Gasteiger partial charge in [0.2, 0.25) is 5.69 Å². The van der Waals surface area contributed by atoms with E-state index in [0.29, 0.717) is 16.0 Å². The first-order valence-electron chi connectivity index (χ1n) is 5.05. The lowest BCUT2D eigenvalue weighted by Gasteiger charge is -2.03. The van der Waals surface area contributed by atoms with Gasteiger partial charge < -0.3 is 15.4 Å². The quantitative estimate of drug-likeness (QED) is 0.359. The van der Waals surface area contributed by atoms with Crippen LogP contribution in [0.15, 0.2) is 48.5 Å². The van der Waals surface area contributed by atoms with Crippen molar-refractivity contribution in [1.29, 1.82) is 0 Å². The third-order valence-corrected chi connectivity index (χ3v) is 2.28. The van der Waals surface area contributed by atoms with Crippen LogP contribution in [0.25, 0.3) is 0 Å². The molecule has 0 amide bonds. The van der Waals surface area contributed by atoms with Crippen molar-refractivity contribution in [2.75, 3.05) is 0 Å². The van der Waals surface area contributed by atoms with E-state index in [-0.39, 0.29) is 11.5 Å². The molecule has 4 nitrogen and oxygen atoms in total. The van der Waals surface area contributed by atoms with Crippen molar-refractivity contribution >= 4 is 11.9 Å². The van der Waals surface area contributed by atoms with Crippen LogP contribution in [0, 0.1) is 5.21 Å². The van der Waals surface area contributed by atoms with Gasteiger partial charge in [-0.2, -0.15) is 4.74 Å². The van der Waals surface area contributed by atoms with E-state index >= 15 is 0 Å². The monoisotopic (exact) mass is 229 g/mol. The molecule has 0 unspecified atom stereocenters. The molecule has 17 heavy (non-hydrogen) atoms. The summed E-state index contributed by atoms with van der Waals surface area (Å²) < 4.78 is 0.592. The summed E-state index contributed by atoms with van der Waals surface area (Å²) in [6.45, 7) is 0. The Labute approximate surface area is 98.3 Å². The van der Waals surface area contributed by atoms with Gasteiger partial charge in [-0.1, -0.05) is 18.2 Å². The molecule has 0 aliphatic rings. The van der Waals surface area contributed by atoms with E-state index in [4.69, 9.17) is 0 Å². The fraction of sp³-hybridized carbons (Fsp3) is 0. The maximum absolute atomic E-state index is 11.8. The first kappa shape index (κ1) is 11.0. The number of nitrogens with zero attached hydrogens (tertiary/aromatic N) is 1. The molecular weight excluding hydrogens is 218 g/mol. The number of aromatic hydroxyl groups is 2. The molecule has 0 heterocycles. The highest BCUT2D eigenvalue weighted by Crippen LogP contribution is 2.19. The third kappa shape index (κ3) is 2.55. The van der Waals surface area contributed by atoms with Crippen molar-refractivity contribution in [3.05, 3.63) is 59.3 Å². The Morgan fingerprint density at radius 3 is 2.47 bits per heavy atom. The first-order chi connectivity index (χ1) is 8.16. The highest BCUT2D eigenvalue weighted by atomic mass is 16.5. The molecule has 86 valence electrons. The summed E-state index contributed by atoms with van der Waals surface area (Å²) in [5.41, 5.74) is 0.721. The molecule has 0 radical (unpaired) electrons. The van der Waals surface area contributed by atoms with Gasteiger partial charge in [-0.05, 0) is 18.2 Å². The second kappa shape index (κ2) is 4.57. The number of benzene rings is 2. The maximum atomic E-state index is 11.8. The molecule has 2 aromatic rings. The van der Waals surface area contributed by atoms with Gasteiger partial charge in [0.05, 0.1) is 11.6 Å². The van der Waals surface area contributed by atoms with Crippen LogP contribution in [0.2, 0.25) is 0 Å². The Morgan fingerprint density at radius 2 is 1.76 bits per heavy atom.